The van der Waals surface area contributed by atoms with Gasteiger partial charge in [0.05, 0.1) is 26.0 Å². The van der Waals surface area contributed by atoms with Crippen molar-refractivity contribution in [1.29, 1.82) is 0 Å². The van der Waals surface area contributed by atoms with Crippen LogP contribution in [0.2, 0.25) is 0 Å². The Bertz CT molecular complexity index is 888. The maximum Gasteiger partial charge on any atom is 0.271 e. The first kappa shape index (κ1) is 21.3. The molecule has 1 fully saturated rings. The van der Waals surface area contributed by atoms with E-state index in [1.54, 1.807) is 55.3 Å². The zero-order valence-corrected chi connectivity index (χ0v) is 17.1. The number of nitrogens with zero attached hydrogens (tertiary/aromatic N) is 2. The molecule has 3 rings (SSSR count). The average Bonchev–Trinajstić information content (AvgIpc) is 2.81. The van der Waals surface area contributed by atoms with Crippen LogP contribution in [-0.4, -0.2) is 62.4 Å². The third-order valence-electron chi connectivity index (χ3n) is 4.68. The number of nitrogens with one attached hydrogen (secondary N) is 1. The number of methoxy groups -OCH3 is 1. The Balaban J connectivity index is 1.51. The van der Waals surface area contributed by atoms with Gasteiger partial charge in [-0.2, -0.15) is 5.10 Å². The van der Waals surface area contributed by atoms with E-state index in [-0.39, 0.29) is 18.4 Å². The normalized spacial score (nSPS) is 14.2. The third-order valence-corrected chi connectivity index (χ3v) is 4.68. The van der Waals surface area contributed by atoms with Gasteiger partial charge in [-0.3, -0.25) is 9.59 Å². The second-order valence-electron chi connectivity index (χ2n) is 6.67. The summed E-state index contributed by atoms with van der Waals surface area (Å²) >= 11 is 0. The molecule has 0 spiro atoms. The maximum absolute atomic E-state index is 12.2. The molecule has 2 aromatic carbocycles. The minimum absolute atomic E-state index is 0.00959. The van der Waals surface area contributed by atoms with Crippen LogP contribution in [0.5, 0.6) is 11.5 Å². The van der Waals surface area contributed by atoms with E-state index >= 15 is 0 Å². The summed E-state index contributed by atoms with van der Waals surface area (Å²) in [6.07, 6.45) is 0. The van der Waals surface area contributed by atoms with Gasteiger partial charge in [0.1, 0.15) is 11.5 Å². The lowest BCUT2D eigenvalue weighted by Crippen LogP contribution is -2.42. The van der Waals surface area contributed by atoms with Crippen LogP contribution in [0.4, 0.5) is 0 Å². The molecule has 2 aromatic rings. The molecule has 1 aliphatic heterocycles. The van der Waals surface area contributed by atoms with Gasteiger partial charge in [-0.1, -0.05) is 0 Å². The molecular formula is C22H25N3O5. The largest absolute Gasteiger partial charge is 0.497 e. The van der Waals surface area contributed by atoms with Gasteiger partial charge in [-0.05, 0) is 61.0 Å². The summed E-state index contributed by atoms with van der Waals surface area (Å²) in [6, 6.07) is 14.0. The first-order valence-electron chi connectivity index (χ1n) is 9.64. The fourth-order valence-electron chi connectivity index (χ4n) is 2.85. The fraction of sp³-hybridized carbons (Fsp3) is 0.318. The Morgan fingerprint density at radius 1 is 1.00 bits per heavy atom. The van der Waals surface area contributed by atoms with Crippen LogP contribution in [0.1, 0.15) is 22.8 Å². The van der Waals surface area contributed by atoms with Gasteiger partial charge in [-0.15, -0.1) is 0 Å². The molecule has 0 aliphatic carbocycles. The Morgan fingerprint density at radius 3 is 2.23 bits per heavy atom. The van der Waals surface area contributed by atoms with Crippen molar-refractivity contribution in [3.63, 3.8) is 0 Å². The Kier molecular flexibility index (Phi) is 7.40. The molecule has 0 atom stereocenters. The van der Waals surface area contributed by atoms with E-state index in [0.717, 1.165) is 5.56 Å². The van der Waals surface area contributed by atoms with Crippen molar-refractivity contribution in [3.05, 3.63) is 59.7 Å². The number of rotatable bonds is 7. The van der Waals surface area contributed by atoms with Crippen LogP contribution in [0.3, 0.4) is 0 Å². The van der Waals surface area contributed by atoms with Crippen LogP contribution < -0.4 is 14.9 Å². The van der Waals surface area contributed by atoms with Crippen molar-refractivity contribution in [3.8, 4) is 11.5 Å². The Hall–Kier alpha value is -3.39. The Labute approximate surface area is 175 Å². The summed E-state index contributed by atoms with van der Waals surface area (Å²) in [5.74, 6) is 0.913. The highest BCUT2D eigenvalue weighted by Gasteiger charge is 2.17. The lowest BCUT2D eigenvalue weighted by Gasteiger charge is -2.26. The average molecular weight is 411 g/mol. The highest BCUT2D eigenvalue weighted by atomic mass is 16.5. The van der Waals surface area contributed by atoms with Crippen LogP contribution in [0.15, 0.2) is 53.6 Å². The van der Waals surface area contributed by atoms with Gasteiger partial charge in [0.25, 0.3) is 11.8 Å². The molecule has 0 aromatic heterocycles. The van der Waals surface area contributed by atoms with E-state index in [9.17, 15) is 9.59 Å². The van der Waals surface area contributed by atoms with Gasteiger partial charge < -0.3 is 19.1 Å². The second-order valence-corrected chi connectivity index (χ2v) is 6.67. The fourth-order valence-corrected chi connectivity index (χ4v) is 2.85. The zero-order valence-electron chi connectivity index (χ0n) is 17.1. The molecule has 0 radical (unpaired) electrons. The van der Waals surface area contributed by atoms with Crippen LogP contribution in [-0.2, 0) is 9.53 Å². The first-order chi connectivity index (χ1) is 14.6. The lowest BCUT2D eigenvalue weighted by atomic mass is 10.1. The van der Waals surface area contributed by atoms with Crippen molar-refractivity contribution >= 4 is 17.5 Å². The molecule has 1 saturated heterocycles. The molecule has 30 heavy (non-hydrogen) atoms. The number of hydrogen-bond acceptors (Lipinski definition) is 6. The van der Waals surface area contributed by atoms with E-state index in [0.29, 0.717) is 49.1 Å². The second kappa shape index (κ2) is 10.4. The predicted octanol–water partition coefficient (Wildman–Crippen LogP) is 2.09. The summed E-state index contributed by atoms with van der Waals surface area (Å²) in [5, 5.41) is 4.15. The molecule has 8 nitrogen and oxygen atoms in total. The molecule has 1 N–H and O–H groups in total. The SMILES string of the molecule is COc1ccc(C(=O)N/N=C(/C)c2ccc(OCC(=O)N3CCOCC3)cc2)cc1. The summed E-state index contributed by atoms with van der Waals surface area (Å²) < 4.78 is 15.9. The number of ether oxygens (including phenoxy) is 3. The number of hydrogen-bond donors (Lipinski definition) is 1. The van der Waals surface area contributed by atoms with E-state index in [4.69, 9.17) is 14.2 Å². The molecule has 0 saturated carbocycles. The monoisotopic (exact) mass is 411 g/mol. The Morgan fingerprint density at radius 2 is 1.60 bits per heavy atom. The van der Waals surface area contributed by atoms with Crippen molar-refractivity contribution in [2.75, 3.05) is 40.0 Å². The number of amides is 2. The molecule has 1 aliphatic rings. The number of hydrazone groups is 1. The summed E-state index contributed by atoms with van der Waals surface area (Å²) in [5.41, 5.74) is 4.51. The van der Waals surface area contributed by atoms with Gasteiger partial charge in [0.2, 0.25) is 0 Å². The number of carbonyl (C=O) groups excluding carboxylic acids is 2. The topological polar surface area (TPSA) is 89.5 Å². The lowest BCUT2D eigenvalue weighted by molar-refractivity contribution is -0.137. The zero-order chi connectivity index (χ0) is 21.3. The first-order valence-corrected chi connectivity index (χ1v) is 9.64. The molecule has 8 heteroatoms. The van der Waals surface area contributed by atoms with Gasteiger partial charge in [0, 0.05) is 18.7 Å². The quantitative estimate of drug-likeness (QED) is 0.557. The number of carbonyl (C=O) groups is 2. The highest BCUT2D eigenvalue weighted by molar-refractivity contribution is 6.00. The van der Waals surface area contributed by atoms with Gasteiger partial charge in [-0.25, -0.2) is 5.43 Å². The summed E-state index contributed by atoms with van der Waals surface area (Å²) in [4.78, 5) is 26.1. The van der Waals surface area contributed by atoms with Crippen molar-refractivity contribution in [2.45, 2.75) is 6.92 Å². The van der Waals surface area contributed by atoms with Gasteiger partial charge in [0.15, 0.2) is 6.61 Å². The van der Waals surface area contributed by atoms with E-state index in [1.165, 1.54) is 0 Å². The highest BCUT2D eigenvalue weighted by Crippen LogP contribution is 2.14. The third kappa shape index (κ3) is 5.81. The smallest absolute Gasteiger partial charge is 0.271 e. The summed E-state index contributed by atoms with van der Waals surface area (Å²) in [7, 11) is 1.57. The van der Waals surface area contributed by atoms with Crippen LogP contribution >= 0.6 is 0 Å². The molecule has 0 unspecified atom stereocenters. The standard InChI is InChI=1S/C22H25N3O5/c1-16(23-24-22(27)18-5-7-19(28-2)8-6-18)17-3-9-20(10-4-17)30-15-21(26)25-11-13-29-14-12-25/h3-10H,11-15H2,1-2H3,(H,24,27)/b23-16-. The number of benzene rings is 2. The predicted molar refractivity (Wildman–Crippen MR) is 112 cm³/mol. The molecular weight excluding hydrogens is 386 g/mol. The van der Waals surface area contributed by atoms with E-state index < -0.39 is 0 Å². The minimum atomic E-state index is -0.307. The molecule has 158 valence electrons. The van der Waals surface area contributed by atoms with E-state index in [1.807, 2.05) is 12.1 Å². The summed E-state index contributed by atoms with van der Waals surface area (Å²) in [6.45, 7) is 4.11. The molecule has 2 amide bonds. The molecule has 1 heterocycles. The van der Waals surface area contributed by atoms with Crippen molar-refractivity contribution in [2.24, 2.45) is 5.10 Å². The van der Waals surface area contributed by atoms with Crippen LogP contribution in [0.25, 0.3) is 0 Å². The maximum atomic E-state index is 12.2. The van der Waals surface area contributed by atoms with Crippen molar-refractivity contribution in [1.82, 2.24) is 10.3 Å². The van der Waals surface area contributed by atoms with E-state index in [2.05, 4.69) is 10.5 Å². The number of morpholine rings is 1. The van der Waals surface area contributed by atoms with Crippen molar-refractivity contribution < 1.29 is 23.8 Å². The molecule has 0 bridgehead atoms. The van der Waals surface area contributed by atoms with Gasteiger partial charge >= 0.3 is 0 Å². The minimum Gasteiger partial charge on any atom is -0.497 e. The van der Waals surface area contributed by atoms with Crippen LogP contribution in [0, 0.1) is 0 Å².